The molecule has 0 spiro atoms. The monoisotopic (exact) mass is 306 g/mol. The standard InChI is InChI=1S/C17H22O5/c1-5-6-7-11-10-17(2,3)22-16(19)14(11)12-8-9-13(21-12)15(18)20-4/h8-9H,5-7,10H2,1-4H3. The summed E-state index contributed by atoms with van der Waals surface area (Å²) < 4.78 is 15.6. The Balaban J connectivity index is 2.41. The molecule has 0 bridgehead atoms. The Morgan fingerprint density at radius 1 is 1.36 bits per heavy atom. The fraction of sp³-hybridized carbons (Fsp3) is 0.529. The minimum Gasteiger partial charge on any atom is -0.463 e. The van der Waals surface area contributed by atoms with Crippen LogP contribution in [0.3, 0.4) is 0 Å². The lowest BCUT2D eigenvalue weighted by molar-refractivity contribution is -0.150. The molecule has 5 nitrogen and oxygen atoms in total. The topological polar surface area (TPSA) is 65.7 Å². The normalized spacial score (nSPS) is 17.4. The van der Waals surface area contributed by atoms with Crippen LogP contribution in [0.2, 0.25) is 0 Å². The van der Waals surface area contributed by atoms with Crippen molar-refractivity contribution in [1.82, 2.24) is 0 Å². The zero-order valence-electron chi connectivity index (χ0n) is 13.5. The Morgan fingerprint density at radius 2 is 2.09 bits per heavy atom. The fourth-order valence-corrected chi connectivity index (χ4v) is 2.65. The highest BCUT2D eigenvalue weighted by atomic mass is 16.6. The van der Waals surface area contributed by atoms with Gasteiger partial charge in [0.05, 0.1) is 7.11 Å². The van der Waals surface area contributed by atoms with E-state index < -0.39 is 17.5 Å². The van der Waals surface area contributed by atoms with Crippen molar-refractivity contribution in [2.75, 3.05) is 7.11 Å². The van der Waals surface area contributed by atoms with E-state index in [-0.39, 0.29) is 5.76 Å². The van der Waals surface area contributed by atoms with E-state index in [4.69, 9.17) is 9.15 Å². The van der Waals surface area contributed by atoms with Crippen LogP contribution in [-0.4, -0.2) is 24.6 Å². The number of rotatable bonds is 5. The number of ether oxygens (including phenoxy) is 2. The third-order valence-electron chi connectivity index (χ3n) is 3.64. The molecule has 1 aromatic rings. The predicted molar refractivity (Wildman–Crippen MR) is 81.3 cm³/mol. The van der Waals surface area contributed by atoms with Crippen molar-refractivity contribution < 1.29 is 23.5 Å². The fourth-order valence-electron chi connectivity index (χ4n) is 2.65. The smallest absolute Gasteiger partial charge is 0.373 e. The molecule has 0 atom stereocenters. The van der Waals surface area contributed by atoms with E-state index in [0.29, 0.717) is 17.8 Å². The molecule has 0 saturated carbocycles. The number of hydrogen-bond acceptors (Lipinski definition) is 5. The molecule has 0 saturated heterocycles. The number of carbonyl (C=O) groups excluding carboxylic acids is 2. The molecular formula is C17H22O5. The highest BCUT2D eigenvalue weighted by molar-refractivity contribution is 6.17. The summed E-state index contributed by atoms with van der Waals surface area (Å²) in [4.78, 5) is 23.9. The largest absolute Gasteiger partial charge is 0.463 e. The highest BCUT2D eigenvalue weighted by Gasteiger charge is 2.36. The summed E-state index contributed by atoms with van der Waals surface area (Å²) in [6, 6.07) is 3.13. The van der Waals surface area contributed by atoms with Crippen LogP contribution in [0, 0.1) is 0 Å². The summed E-state index contributed by atoms with van der Waals surface area (Å²) in [6.45, 7) is 5.90. The minimum atomic E-state index is -0.563. The molecule has 1 aliphatic rings. The highest BCUT2D eigenvalue weighted by Crippen LogP contribution is 2.37. The average molecular weight is 306 g/mol. The lowest BCUT2D eigenvalue weighted by Gasteiger charge is -2.32. The van der Waals surface area contributed by atoms with Gasteiger partial charge in [-0.3, -0.25) is 0 Å². The van der Waals surface area contributed by atoms with Gasteiger partial charge in [-0.2, -0.15) is 0 Å². The first-order chi connectivity index (χ1) is 10.4. The van der Waals surface area contributed by atoms with Crippen molar-refractivity contribution in [3.05, 3.63) is 29.2 Å². The van der Waals surface area contributed by atoms with E-state index in [1.54, 1.807) is 6.07 Å². The summed E-state index contributed by atoms with van der Waals surface area (Å²) in [5.41, 5.74) is 0.957. The van der Waals surface area contributed by atoms with Crippen molar-refractivity contribution in [2.45, 2.75) is 52.1 Å². The van der Waals surface area contributed by atoms with Crippen LogP contribution in [0.25, 0.3) is 5.57 Å². The quantitative estimate of drug-likeness (QED) is 0.775. The number of esters is 2. The summed E-state index contributed by atoms with van der Waals surface area (Å²) in [7, 11) is 1.29. The van der Waals surface area contributed by atoms with Gasteiger partial charge in [0.2, 0.25) is 5.76 Å². The second-order valence-corrected chi connectivity index (χ2v) is 6.06. The van der Waals surface area contributed by atoms with Gasteiger partial charge in [0.25, 0.3) is 0 Å². The molecule has 0 amide bonds. The van der Waals surface area contributed by atoms with Crippen LogP contribution in [0.1, 0.15) is 62.8 Å². The molecule has 0 aromatic carbocycles. The van der Waals surface area contributed by atoms with E-state index in [1.165, 1.54) is 13.2 Å². The molecule has 0 unspecified atom stereocenters. The first-order valence-corrected chi connectivity index (χ1v) is 7.52. The molecule has 120 valence electrons. The summed E-state index contributed by atoms with van der Waals surface area (Å²) >= 11 is 0. The Kier molecular flexibility index (Phi) is 4.74. The van der Waals surface area contributed by atoms with E-state index in [2.05, 4.69) is 11.7 Å². The van der Waals surface area contributed by atoms with Gasteiger partial charge in [-0.05, 0) is 44.4 Å². The zero-order chi connectivity index (χ0) is 16.3. The van der Waals surface area contributed by atoms with Gasteiger partial charge >= 0.3 is 11.9 Å². The number of methoxy groups -OCH3 is 1. The van der Waals surface area contributed by atoms with E-state index >= 15 is 0 Å². The number of cyclic esters (lactones) is 1. The van der Waals surface area contributed by atoms with Gasteiger partial charge in [0.1, 0.15) is 16.9 Å². The van der Waals surface area contributed by atoms with Crippen molar-refractivity contribution in [3.63, 3.8) is 0 Å². The summed E-state index contributed by atoms with van der Waals surface area (Å²) in [6.07, 6.45) is 3.52. The molecule has 22 heavy (non-hydrogen) atoms. The van der Waals surface area contributed by atoms with Crippen LogP contribution < -0.4 is 0 Å². The average Bonchev–Trinajstić information content (AvgIpc) is 2.91. The maximum absolute atomic E-state index is 12.4. The van der Waals surface area contributed by atoms with E-state index in [0.717, 1.165) is 24.8 Å². The number of unbranched alkanes of at least 4 members (excludes halogenated alkanes) is 1. The second kappa shape index (κ2) is 6.38. The molecular weight excluding hydrogens is 284 g/mol. The third-order valence-corrected chi connectivity index (χ3v) is 3.64. The van der Waals surface area contributed by atoms with Gasteiger partial charge in [-0.25, -0.2) is 9.59 Å². The van der Waals surface area contributed by atoms with Gasteiger partial charge < -0.3 is 13.9 Å². The maximum atomic E-state index is 12.4. The van der Waals surface area contributed by atoms with Crippen LogP contribution in [0.4, 0.5) is 0 Å². The van der Waals surface area contributed by atoms with Crippen LogP contribution >= 0.6 is 0 Å². The molecule has 2 heterocycles. The van der Waals surface area contributed by atoms with Gasteiger partial charge in [-0.1, -0.05) is 13.3 Å². The number of carbonyl (C=O) groups is 2. The third kappa shape index (κ3) is 3.40. The van der Waals surface area contributed by atoms with Crippen molar-refractivity contribution >= 4 is 17.5 Å². The molecule has 2 rings (SSSR count). The Morgan fingerprint density at radius 3 is 2.73 bits per heavy atom. The van der Waals surface area contributed by atoms with Crippen molar-refractivity contribution in [3.8, 4) is 0 Å². The Hall–Kier alpha value is -2.04. The summed E-state index contributed by atoms with van der Waals surface area (Å²) in [5, 5.41) is 0. The van der Waals surface area contributed by atoms with Crippen molar-refractivity contribution in [1.29, 1.82) is 0 Å². The zero-order valence-corrected chi connectivity index (χ0v) is 13.5. The summed E-state index contributed by atoms with van der Waals surface area (Å²) in [5.74, 6) is -0.510. The first-order valence-electron chi connectivity index (χ1n) is 7.52. The molecule has 0 radical (unpaired) electrons. The number of hydrogen-bond donors (Lipinski definition) is 0. The Labute approximate surface area is 130 Å². The minimum absolute atomic E-state index is 0.0810. The van der Waals surface area contributed by atoms with E-state index in [1.807, 2.05) is 13.8 Å². The molecule has 0 fully saturated rings. The van der Waals surface area contributed by atoms with Crippen LogP contribution in [0.15, 0.2) is 22.1 Å². The SMILES string of the molecule is CCCCC1=C(c2ccc(C(=O)OC)o2)C(=O)OC(C)(C)C1. The molecule has 1 aliphatic heterocycles. The molecule has 1 aromatic heterocycles. The van der Waals surface area contributed by atoms with Gasteiger partial charge in [0, 0.05) is 6.42 Å². The van der Waals surface area contributed by atoms with E-state index in [9.17, 15) is 9.59 Å². The lowest BCUT2D eigenvalue weighted by Crippen LogP contribution is -2.34. The maximum Gasteiger partial charge on any atom is 0.373 e. The molecule has 0 N–H and O–H groups in total. The Bertz CT molecular complexity index is 606. The lowest BCUT2D eigenvalue weighted by atomic mass is 9.87. The predicted octanol–water partition coefficient (Wildman–Crippen LogP) is 3.74. The van der Waals surface area contributed by atoms with Gasteiger partial charge in [0.15, 0.2) is 0 Å². The van der Waals surface area contributed by atoms with Crippen LogP contribution in [-0.2, 0) is 14.3 Å². The second-order valence-electron chi connectivity index (χ2n) is 6.06. The molecule has 5 heteroatoms. The van der Waals surface area contributed by atoms with Gasteiger partial charge in [-0.15, -0.1) is 0 Å². The van der Waals surface area contributed by atoms with Crippen molar-refractivity contribution in [2.24, 2.45) is 0 Å². The number of furan rings is 1. The molecule has 0 aliphatic carbocycles. The first kappa shape index (κ1) is 16.3. The van der Waals surface area contributed by atoms with Crippen LogP contribution in [0.5, 0.6) is 0 Å².